The van der Waals surface area contributed by atoms with E-state index in [1.807, 2.05) is 0 Å². The van der Waals surface area contributed by atoms with E-state index in [-0.39, 0.29) is 19.2 Å². The van der Waals surface area contributed by atoms with Crippen molar-refractivity contribution in [1.82, 2.24) is 10.6 Å². The highest BCUT2D eigenvalue weighted by molar-refractivity contribution is 5.91. The Balaban J connectivity index is 2.03. The van der Waals surface area contributed by atoms with Crippen molar-refractivity contribution >= 4 is 18.0 Å². The van der Waals surface area contributed by atoms with E-state index in [2.05, 4.69) is 15.4 Å². The molecule has 0 aromatic rings. The summed E-state index contributed by atoms with van der Waals surface area (Å²) in [6.45, 7) is 0.947. The van der Waals surface area contributed by atoms with Crippen LogP contribution in [-0.2, 0) is 19.1 Å². The summed E-state index contributed by atoms with van der Waals surface area (Å²) in [5.74, 6) is -0.715. The molecular formula is C15H24N2O5. The molecule has 0 unspecified atom stereocenters. The summed E-state index contributed by atoms with van der Waals surface area (Å²) in [5, 5.41) is 5.43. The predicted octanol–water partition coefficient (Wildman–Crippen LogP) is 1.14. The molecule has 0 aromatic carbocycles. The second-order valence-electron chi connectivity index (χ2n) is 5.16. The maximum atomic E-state index is 11.5. The second kappa shape index (κ2) is 10.6. The molecule has 7 nitrogen and oxygen atoms in total. The minimum Gasteiger partial charge on any atom is -0.466 e. The van der Waals surface area contributed by atoms with Crippen molar-refractivity contribution in [1.29, 1.82) is 0 Å². The van der Waals surface area contributed by atoms with Crippen LogP contribution >= 0.6 is 0 Å². The van der Waals surface area contributed by atoms with Crippen LogP contribution in [0.3, 0.4) is 0 Å². The van der Waals surface area contributed by atoms with Crippen LogP contribution in [0.25, 0.3) is 0 Å². The van der Waals surface area contributed by atoms with Crippen LogP contribution in [0.15, 0.2) is 12.2 Å². The van der Waals surface area contributed by atoms with E-state index in [0.29, 0.717) is 12.5 Å². The predicted molar refractivity (Wildman–Crippen MR) is 80.1 cm³/mol. The Kier molecular flexibility index (Phi) is 8.71. The number of carbonyl (C=O) groups excluding carboxylic acids is 3. The van der Waals surface area contributed by atoms with E-state index < -0.39 is 11.9 Å². The first-order chi connectivity index (χ1) is 10.6. The first-order valence-electron chi connectivity index (χ1n) is 7.56. The molecule has 7 heteroatoms. The molecule has 0 radical (unpaired) electrons. The normalized spacial score (nSPS) is 15.3. The quantitative estimate of drug-likeness (QED) is 0.418. The molecular weight excluding hydrogens is 288 g/mol. The van der Waals surface area contributed by atoms with Crippen molar-refractivity contribution < 1.29 is 23.9 Å². The van der Waals surface area contributed by atoms with Crippen molar-refractivity contribution in [3.05, 3.63) is 12.2 Å². The molecule has 0 aliphatic heterocycles. The van der Waals surface area contributed by atoms with Gasteiger partial charge in [0.15, 0.2) is 0 Å². The number of urea groups is 1. The molecule has 124 valence electrons. The van der Waals surface area contributed by atoms with Gasteiger partial charge in [0.05, 0.1) is 13.7 Å². The number of nitrogens with one attached hydrogen (secondary N) is 2. The van der Waals surface area contributed by atoms with Gasteiger partial charge in [-0.15, -0.1) is 0 Å². The van der Waals surface area contributed by atoms with Crippen LogP contribution in [0.5, 0.6) is 0 Å². The average Bonchev–Trinajstić information content (AvgIpc) is 2.55. The molecule has 0 aromatic heterocycles. The van der Waals surface area contributed by atoms with Crippen LogP contribution in [-0.4, -0.2) is 44.8 Å². The lowest BCUT2D eigenvalue weighted by atomic mass is 9.89. The monoisotopic (exact) mass is 312 g/mol. The third-order valence-corrected chi connectivity index (χ3v) is 3.46. The average molecular weight is 312 g/mol. The Morgan fingerprint density at radius 2 is 1.73 bits per heavy atom. The summed E-state index contributed by atoms with van der Waals surface area (Å²) in [6.07, 6.45) is 8.07. The third kappa shape index (κ3) is 8.28. The highest BCUT2D eigenvalue weighted by Gasteiger charge is 2.13. The number of methoxy groups -OCH3 is 1. The first-order valence-corrected chi connectivity index (χ1v) is 7.56. The standard InChI is InChI=1S/C15H24N2O5/c1-21-13(18)7-8-14(19)22-10-9-16-15(20)17-11-12-5-3-2-4-6-12/h7-8,12H,2-6,9-11H2,1H3,(H2,16,17,20)/b8-7+. The summed E-state index contributed by atoms with van der Waals surface area (Å²) in [7, 11) is 1.22. The number of carbonyl (C=O) groups is 3. The van der Waals surface area contributed by atoms with Crippen LogP contribution in [0.2, 0.25) is 0 Å². The van der Waals surface area contributed by atoms with Gasteiger partial charge in [0.2, 0.25) is 0 Å². The maximum Gasteiger partial charge on any atom is 0.331 e. The zero-order chi connectivity index (χ0) is 16.2. The number of hydrogen-bond donors (Lipinski definition) is 2. The fraction of sp³-hybridized carbons (Fsp3) is 0.667. The van der Waals surface area contributed by atoms with Crippen molar-refractivity contribution in [3.8, 4) is 0 Å². The molecule has 1 aliphatic rings. The Morgan fingerprint density at radius 3 is 2.41 bits per heavy atom. The zero-order valence-corrected chi connectivity index (χ0v) is 12.9. The van der Waals surface area contributed by atoms with Gasteiger partial charge in [-0.3, -0.25) is 0 Å². The highest BCUT2D eigenvalue weighted by Crippen LogP contribution is 2.22. The largest absolute Gasteiger partial charge is 0.466 e. The van der Waals surface area contributed by atoms with Gasteiger partial charge in [0, 0.05) is 18.7 Å². The lowest BCUT2D eigenvalue weighted by Gasteiger charge is -2.21. The van der Waals surface area contributed by atoms with Crippen molar-refractivity contribution in [2.45, 2.75) is 32.1 Å². The van der Waals surface area contributed by atoms with Crippen molar-refractivity contribution in [2.24, 2.45) is 5.92 Å². The van der Waals surface area contributed by atoms with Crippen LogP contribution in [0, 0.1) is 5.92 Å². The molecule has 1 aliphatic carbocycles. The molecule has 0 saturated heterocycles. The molecule has 22 heavy (non-hydrogen) atoms. The molecule has 0 atom stereocenters. The minimum atomic E-state index is -0.658. The molecule has 2 N–H and O–H groups in total. The fourth-order valence-electron chi connectivity index (χ4n) is 2.26. The minimum absolute atomic E-state index is 0.0429. The Labute approximate surface area is 130 Å². The zero-order valence-electron chi connectivity index (χ0n) is 12.9. The smallest absolute Gasteiger partial charge is 0.331 e. The maximum absolute atomic E-state index is 11.5. The van der Waals surface area contributed by atoms with E-state index in [4.69, 9.17) is 4.74 Å². The van der Waals surface area contributed by atoms with E-state index >= 15 is 0 Å². The van der Waals surface area contributed by atoms with Crippen molar-refractivity contribution in [3.63, 3.8) is 0 Å². The van der Waals surface area contributed by atoms with Crippen LogP contribution < -0.4 is 10.6 Å². The van der Waals surface area contributed by atoms with Gasteiger partial charge < -0.3 is 20.1 Å². The first kappa shape index (κ1) is 18.0. The Hall–Kier alpha value is -2.05. The number of ether oxygens (including phenoxy) is 2. The summed E-state index contributed by atoms with van der Waals surface area (Å²) in [6, 6.07) is -0.258. The number of rotatable bonds is 7. The SMILES string of the molecule is COC(=O)/C=C/C(=O)OCCNC(=O)NCC1CCCCC1. The lowest BCUT2D eigenvalue weighted by Crippen LogP contribution is -2.40. The number of esters is 2. The van der Waals surface area contributed by atoms with Gasteiger partial charge >= 0.3 is 18.0 Å². The van der Waals surface area contributed by atoms with E-state index in [0.717, 1.165) is 12.2 Å². The Bertz CT molecular complexity index is 403. The molecule has 1 rings (SSSR count). The second-order valence-corrected chi connectivity index (χ2v) is 5.16. The molecule has 1 saturated carbocycles. The molecule has 0 bridgehead atoms. The van der Waals surface area contributed by atoms with Crippen LogP contribution in [0.4, 0.5) is 4.79 Å². The van der Waals surface area contributed by atoms with Crippen LogP contribution in [0.1, 0.15) is 32.1 Å². The summed E-state index contributed by atoms with van der Waals surface area (Å²) < 4.78 is 9.14. The highest BCUT2D eigenvalue weighted by atomic mass is 16.5. The molecule has 2 amide bonds. The van der Waals surface area contributed by atoms with Gasteiger partial charge in [-0.25, -0.2) is 14.4 Å². The summed E-state index contributed by atoms with van der Waals surface area (Å²) in [5.41, 5.74) is 0. The van der Waals surface area contributed by atoms with Gasteiger partial charge in [0.1, 0.15) is 6.61 Å². The third-order valence-electron chi connectivity index (χ3n) is 3.46. The van der Waals surface area contributed by atoms with E-state index in [9.17, 15) is 14.4 Å². The van der Waals surface area contributed by atoms with Gasteiger partial charge in [0.25, 0.3) is 0 Å². The lowest BCUT2D eigenvalue weighted by molar-refractivity contribution is -0.139. The summed E-state index contributed by atoms with van der Waals surface area (Å²) in [4.78, 5) is 33.5. The molecule has 0 spiro atoms. The molecule has 1 fully saturated rings. The Morgan fingerprint density at radius 1 is 1.05 bits per heavy atom. The van der Waals surface area contributed by atoms with E-state index in [1.165, 1.54) is 39.2 Å². The topological polar surface area (TPSA) is 93.7 Å². The molecule has 0 heterocycles. The van der Waals surface area contributed by atoms with Gasteiger partial charge in [-0.1, -0.05) is 19.3 Å². The fourth-order valence-corrected chi connectivity index (χ4v) is 2.26. The van der Waals surface area contributed by atoms with Crippen molar-refractivity contribution in [2.75, 3.05) is 26.8 Å². The van der Waals surface area contributed by atoms with E-state index in [1.54, 1.807) is 0 Å². The van der Waals surface area contributed by atoms with Gasteiger partial charge in [-0.05, 0) is 18.8 Å². The van der Waals surface area contributed by atoms with Gasteiger partial charge in [-0.2, -0.15) is 0 Å². The number of amides is 2. The number of hydrogen-bond acceptors (Lipinski definition) is 5. The summed E-state index contributed by atoms with van der Waals surface area (Å²) >= 11 is 0.